The monoisotopic (exact) mass is 186 g/mol. The number of hydrogen-bond donors (Lipinski definition) is 1. The molecule has 0 saturated carbocycles. The van der Waals surface area contributed by atoms with Crippen molar-refractivity contribution in [1.82, 2.24) is 14.9 Å². The zero-order valence-electron chi connectivity index (χ0n) is 8.01. The second-order valence-corrected chi connectivity index (χ2v) is 3.08. The van der Waals surface area contributed by atoms with Gasteiger partial charge in [0.15, 0.2) is 0 Å². The highest BCUT2D eigenvalue weighted by molar-refractivity contribution is 6.30. The zero-order chi connectivity index (χ0) is 9.97. The smallest absolute Gasteiger partial charge is 0.265 e. The molecular weight excluding hydrogens is 175 g/mol. The summed E-state index contributed by atoms with van der Waals surface area (Å²) in [6.07, 6.45) is 1.91. The zero-order valence-corrected chi connectivity index (χ0v) is 8.01. The van der Waals surface area contributed by atoms with Gasteiger partial charge in [-0.1, -0.05) is 24.2 Å². The van der Waals surface area contributed by atoms with E-state index in [0.29, 0.717) is 0 Å². The van der Waals surface area contributed by atoms with Crippen LogP contribution in [0.2, 0.25) is 6.82 Å². The quantitative estimate of drug-likeness (QED) is 0.556. The summed E-state index contributed by atoms with van der Waals surface area (Å²) in [5.74, 6) is 0. The summed E-state index contributed by atoms with van der Waals surface area (Å²) < 4.78 is 1.79. The van der Waals surface area contributed by atoms with Gasteiger partial charge in [0, 0.05) is 17.4 Å². The van der Waals surface area contributed by atoms with E-state index in [4.69, 9.17) is 5.73 Å². The molecular formula is C9H11BN4. The van der Waals surface area contributed by atoms with Gasteiger partial charge in [-0.25, -0.2) is 0 Å². The van der Waals surface area contributed by atoms with Crippen LogP contribution in [0.5, 0.6) is 0 Å². The first-order valence-corrected chi connectivity index (χ1v) is 4.55. The van der Waals surface area contributed by atoms with Gasteiger partial charge in [0.2, 0.25) is 0 Å². The van der Waals surface area contributed by atoms with Crippen molar-refractivity contribution in [3.05, 3.63) is 30.5 Å². The Kier molecular flexibility index (Phi) is 2.22. The molecule has 0 unspecified atom stereocenters. The van der Waals surface area contributed by atoms with Crippen LogP contribution in [0.25, 0.3) is 11.3 Å². The van der Waals surface area contributed by atoms with Crippen molar-refractivity contribution in [2.24, 2.45) is 0 Å². The molecule has 2 aromatic rings. The van der Waals surface area contributed by atoms with Crippen molar-refractivity contribution in [2.75, 3.05) is 5.73 Å². The maximum atomic E-state index is 5.68. The first-order valence-electron chi connectivity index (χ1n) is 4.55. The number of anilines is 1. The molecule has 0 spiro atoms. The Balaban J connectivity index is 2.39. The minimum Gasteiger partial charge on any atom is -0.399 e. The van der Waals surface area contributed by atoms with Gasteiger partial charge < -0.3 is 10.3 Å². The molecule has 0 amide bonds. The summed E-state index contributed by atoms with van der Waals surface area (Å²) in [7, 11) is 0.829. The SMILES string of the molecule is CBn1cc(-c2cccc(N)c2)nn1. The molecule has 0 atom stereocenters. The van der Waals surface area contributed by atoms with Crippen LogP contribution in [0.1, 0.15) is 0 Å². The number of nitrogens with two attached hydrogens (primary N) is 1. The summed E-state index contributed by atoms with van der Waals surface area (Å²) in [5.41, 5.74) is 8.29. The van der Waals surface area contributed by atoms with Crippen LogP contribution in [-0.2, 0) is 0 Å². The summed E-state index contributed by atoms with van der Waals surface area (Å²) >= 11 is 0. The summed E-state index contributed by atoms with van der Waals surface area (Å²) in [6, 6.07) is 7.63. The van der Waals surface area contributed by atoms with Crippen molar-refractivity contribution in [1.29, 1.82) is 0 Å². The molecule has 0 saturated heterocycles. The first kappa shape index (κ1) is 8.81. The first-order chi connectivity index (χ1) is 6.79. The van der Waals surface area contributed by atoms with Crippen molar-refractivity contribution in [2.45, 2.75) is 6.82 Å². The highest BCUT2D eigenvalue weighted by atomic mass is 15.4. The van der Waals surface area contributed by atoms with Crippen molar-refractivity contribution in [3.63, 3.8) is 0 Å². The van der Waals surface area contributed by atoms with Crippen LogP contribution in [0.3, 0.4) is 0 Å². The molecule has 4 nitrogen and oxygen atoms in total. The largest absolute Gasteiger partial charge is 0.399 e. The second-order valence-electron chi connectivity index (χ2n) is 3.08. The van der Waals surface area contributed by atoms with Crippen LogP contribution in [0.15, 0.2) is 30.5 Å². The van der Waals surface area contributed by atoms with E-state index in [1.807, 2.05) is 37.3 Å². The van der Waals surface area contributed by atoms with Crippen molar-refractivity contribution >= 4 is 13.1 Å². The van der Waals surface area contributed by atoms with Crippen LogP contribution >= 0.6 is 0 Å². The molecule has 14 heavy (non-hydrogen) atoms. The van der Waals surface area contributed by atoms with E-state index in [-0.39, 0.29) is 0 Å². The summed E-state index contributed by atoms with van der Waals surface area (Å²) in [4.78, 5) is 0. The summed E-state index contributed by atoms with van der Waals surface area (Å²) in [5, 5.41) is 8.02. The Hall–Kier alpha value is -1.78. The maximum Gasteiger partial charge on any atom is 0.265 e. The molecule has 1 aromatic carbocycles. The molecule has 70 valence electrons. The van der Waals surface area contributed by atoms with Gasteiger partial charge in [-0.2, -0.15) is 0 Å². The van der Waals surface area contributed by atoms with E-state index in [9.17, 15) is 0 Å². The Bertz CT molecular complexity index is 438. The van der Waals surface area contributed by atoms with E-state index in [1.54, 1.807) is 4.59 Å². The highest BCUT2D eigenvalue weighted by Crippen LogP contribution is 2.17. The van der Waals surface area contributed by atoms with Crippen LogP contribution < -0.4 is 5.73 Å². The molecule has 0 fully saturated rings. The molecule has 1 aromatic heterocycles. The van der Waals surface area contributed by atoms with Crippen molar-refractivity contribution in [3.8, 4) is 11.3 Å². The molecule has 0 aliphatic rings. The van der Waals surface area contributed by atoms with Gasteiger partial charge in [-0.3, -0.25) is 0 Å². The number of rotatable bonds is 2. The average molecular weight is 186 g/mol. The number of nitrogen functional groups attached to an aromatic ring is 1. The lowest BCUT2D eigenvalue weighted by Gasteiger charge is -1.96. The van der Waals surface area contributed by atoms with E-state index in [1.165, 1.54) is 0 Å². The average Bonchev–Trinajstić information content (AvgIpc) is 2.66. The normalized spacial score (nSPS) is 10.1. The lowest BCUT2D eigenvalue weighted by molar-refractivity contribution is 0.870. The number of nitrogens with zero attached hydrogens (tertiary/aromatic N) is 3. The molecule has 2 N–H and O–H groups in total. The Morgan fingerprint density at radius 1 is 1.43 bits per heavy atom. The third kappa shape index (κ3) is 1.61. The van der Waals surface area contributed by atoms with Gasteiger partial charge in [0.05, 0.1) is 0 Å². The standard InChI is InChI=1S/C9H11BN4/c1-10-14-6-9(12-13-14)7-3-2-4-8(11)5-7/h2-6,10H,11H2,1H3. The molecule has 0 aliphatic carbocycles. The fourth-order valence-corrected chi connectivity index (χ4v) is 1.28. The fraction of sp³-hybridized carbons (Fsp3) is 0.111. The van der Waals surface area contributed by atoms with Gasteiger partial charge in [0.1, 0.15) is 5.69 Å². The van der Waals surface area contributed by atoms with Gasteiger partial charge in [0.25, 0.3) is 7.41 Å². The fourth-order valence-electron chi connectivity index (χ4n) is 1.28. The Labute approximate surface area is 83.0 Å². The van der Waals surface area contributed by atoms with Crippen molar-refractivity contribution < 1.29 is 0 Å². The maximum absolute atomic E-state index is 5.68. The third-order valence-electron chi connectivity index (χ3n) is 2.05. The Morgan fingerprint density at radius 2 is 2.29 bits per heavy atom. The van der Waals surface area contributed by atoms with Gasteiger partial charge in [-0.15, -0.1) is 5.10 Å². The minimum atomic E-state index is 0.744. The molecule has 2 rings (SSSR count). The highest BCUT2D eigenvalue weighted by Gasteiger charge is 2.02. The lowest BCUT2D eigenvalue weighted by Crippen LogP contribution is -2.01. The Morgan fingerprint density at radius 3 is 2.93 bits per heavy atom. The molecule has 1 heterocycles. The topological polar surface area (TPSA) is 56.7 Å². The lowest BCUT2D eigenvalue weighted by atomic mass is 10.0. The van der Waals surface area contributed by atoms with E-state index >= 15 is 0 Å². The van der Waals surface area contributed by atoms with Crippen LogP contribution in [-0.4, -0.2) is 22.3 Å². The third-order valence-corrected chi connectivity index (χ3v) is 2.05. The number of benzene rings is 1. The number of aromatic nitrogens is 3. The van der Waals surface area contributed by atoms with Crippen LogP contribution in [0.4, 0.5) is 5.69 Å². The van der Waals surface area contributed by atoms with E-state index in [2.05, 4.69) is 10.3 Å². The predicted molar refractivity (Wildman–Crippen MR) is 58.3 cm³/mol. The molecule has 0 bridgehead atoms. The predicted octanol–water partition coefficient (Wildman–Crippen LogP) is 0.775. The molecule has 0 radical (unpaired) electrons. The molecule has 5 heteroatoms. The van der Waals surface area contributed by atoms with Gasteiger partial charge >= 0.3 is 0 Å². The van der Waals surface area contributed by atoms with E-state index < -0.39 is 0 Å². The second kappa shape index (κ2) is 3.53. The number of hydrogen-bond acceptors (Lipinski definition) is 3. The minimum absolute atomic E-state index is 0.744. The van der Waals surface area contributed by atoms with Gasteiger partial charge in [-0.05, 0) is 12.1 Å². The van der Waals surface area contributed by atoms with E-state index in [0.717, 1.165) is 24.4 Å². The van der Waals surface area contributed by atoms with Crippen LogP contribution in [0, 0.1) is 0 Å². The summed E-state index contributed by atoms with van der Waals surface area (Å²) in [6.45, 7) is 2.03. The molecule has 0 aliphatic heterocycles.